The predicted molar refractivity (Wildman–Crippen MR) is 72.4 cm³/mol. The standard InChI is InChI=1S/C14H23N3O/c1-3-14(4-2)5-7-17(8-6-14)13-10-15-9-12(11-18)16-13/h9-10,18H,3-8,11H2,1-2H3. The number of aliphatic hydroxyl groups is 1. The lowest BCUT2D eigenvalue weighted by molar-refractivity contribution is 0.199. The molecule has 18 heavy (non-hydrogen) atoms. The fourth-order valence-electron chi connectivity index (χ4n) is 2.79. The Kier molecular flexibility index (Phi) is 4.17. The molecule has 100 valence electrons. The van der Waals surface area contributed by atoms with Crippen molar-refractivity contribution in [2.75, 3.05) is 18.0 Å². The molecule has 1 aliphatic rings. The van der Waals surface area contributed by atoms with Crippen LogP contribution in [0.25, 0.3) is 0 Å². The molecule has 0 spiro atoms. The van der Waals surface area contributed by atoms with E-state index >= 15 is 0 Å². The van der Waals surface area contributed by atoms with Gasteiger partial charge in [-0.2, -0.15) is 0 Å². The Morgan fingerprint density at radius 3 is 2.44 bits per heavy atom. The lowest BCUT2D eigenvalue weighted by Gasteiger charge is -2.41. The first-order chi connectivity index (χ1) is 8.73. The number of aliphatic hydroxyl groups excluding tert-OH is 1. The van der Waals surface area contributed by atoms with Gasteiger partial charge in [-0.25, -0.2) is 4.98 Å². The minimum atomic E-state index is -0.0391. The zero-order chi connectivity index (χ0) is 13.0. The summed E-state index contributed by atoms with van der Waals surface area (Å²) in [5.41, 5.74) is 1.17. The van der Waals surface area contributed by atoms with Gasteiger partial charge in [0.05, 0.1) is 24.7 Å². The monoisotopic (exact) mass is 249 g/mol. The van der Waals surface area contributed by atoms with Gasteiger partial charge in [0.25, 0.3) is 0 Å². The second-order valence-corrected chi connectivity index (χ2v) is 5.22. The van der Waals surface area contributed by atoms with Gasteiger partial charge in [0, 0.05) is 13.1 Å². The molecular weight excluding hydrogens is 226 g/mol. The third kappa shape index (κ3) is 2.64. The van der Waals surface area contributed by atoms with E-state index in [9.17, 15) is 0 Å². The lowest BCUT2D eigenvalue weighted by Crippen LogP contribution is -2.40. The molecule has 0 bridgehead atoms. The molecule has 0 aliphatic carbocycles. The molecule has 0 aromatic carbocycles. The molecule has 0 saturated carbocycles. The van der Waals surface area contributed by atoms with E-state index in [4.69, 9.17) is 5.11 Å². The zero-order valence-corrected chi connectivity index (χ0v) is 11.4. The van der Waals surface area contributed by atoms with Crippen LogP contribution in [0.1, 0.15) is 45.2 Å². The summed E-state index contributed by atoms with van der Waals surface area (Å²) >= 11 is 0. The van der Waals surface area contributed by atoms with Crippen molar-refractivity contribution in [2.45, 2.75) is 46.1 Å². The van der Waals surface area contributed by atoms with Crippen molar-refractivity contribution < 1.29 is 5.11 Å². The van der Waals surface area contributed by atoms with Crippen molar-refractivity contribution in [2.24, 2.45) is 5.41 Å². The van der Waals surface area contributed by atoms with Gasteiger partial charge in [-0.15, -0.1) is 0 Å². The molecule has 0 radical (unpaired) electrons. The van der Waals surface area contributed by atoms with E-state index in [0.717, 1.165) is 18.9 Å². The summed E-state index contributed by atoms with van der Waals surface area (Å²) in [5, 5.41) is 9.10. The average Bonchev–Trinajstić information content (AvgIpc) is 2.47. The Bertz CT molecular complexity index is 380. The molecule has 1 saturated heterocycles. The Balaban J connectivity index is 2.04. The number of hydrogen-bond donors (Lipinski definition) is 1. The highest BCUT2D eigenvalue weighted by molar-refractivity contribution is 5.37. The van der Waals surface area contributed by atoms with E-state index < -0.39 is 0 Å². The summed E-state index contributed by atoms with van der Waals surface area (Å²) in [6.07, 6.45) is 8.40. The van der Waals surface area contributed by atoms with Crippen LogP contribution in [0.4, 0.5) is 5.82 Å². The van der Waals surface area contributed by atoms with Crippen LogP contribution in [0, 0.1) is 5.41 Å². The van der Waals surface area contributed by atoms with Gasteiger partial charge in [-0.3, -0.25) is 4.98 Å². The fourth-order valence-corrected chi connectivity index (χ4v) is 2.79. The zero-order valence-electron chi connectivity index (χ0n) is 11.4. The molecule has 1 aromatic rings. The van der Waals surface area contributed by atoms with Crippen LogP contribution in [-0.4, -0.2) is 28.2 Å². The summed E-state index contributed by atoms with van der Waals surface area (Å²) < 4.78 is 0. The van der Waals surface area contributed by atoms with Gasteiger partial charge in [-0.05, 0) is 18.3 Å². The van der Waals surface area contributed by atoms with E-state index in [1.54, 1.807) is 12.4 Å². The molecular formula is C14H23N3O. The van der Waals surface area contributed by atoms with Crippen LogP contribution in [0.2, 0.25) is 0 Å². The first-order valence-corrected chi connectivity index (χ1v) is 6.90. The molecule has 1 N–H and O–H groups in total. The maximum Gasteiger partial charge on any atom is 0.147 e. The van der Waals surface area contributed by atoms with E-state index in [0.29, 0.717) is 11.1 Å². The topological polar surface area (TPSA) is 49.2 Å². The minimum Gasteiger partial charge on any atom is -0.390 e. The summed E-state index contributed by atoms with van der Waals surface area (Å²) in [6.45, 7) is 6.65. The van der Waals surface area contributed by atoms with Crippen molar-refractivity contribution in [1.82, 2.24) is 9.97 Å². The third-order valence-electron chi connectivity index (χ3n) is 4.48. The largest absolute Gasteiger partial charge is 0.390 e. The molecule has 2 heterocycles. The summed E-state index contributed by atoms with van der Waals surface area (Å²) in [5.74, 6) is 0.905. The second kappa shape index (κ2) is 5.65. The van der Waals surface area contributed by atoms with Crippen LogP contribution in [0.3, 0.4) is 0 Å². The highest BCUT2D eigenvalue weighted by Crippen LogP contribution is 2.38. The van der Waals surface area contributed by atoms with Crippen molar-refractivity contribution in [3.8, 4) is 0 Å². The molecule has 2 rings (SSSR count). The van der Waals surface area contributed by atoms with Crippen LogP contribution < -0.4 is 4.90 Å². The van der Waals surface area contributed by atoms with E-state index in [1.165, 1.54) is 25.7 Å². The number of rotatable bonds is 4. The van der Waals surface area contributed by atoms with Crippen molar-refractivity contribution in [3.63, 3.8) is 0 Å². The highest BCUT2D eigenvalue weighted by atomic mass is 16.3. The Hall–Kier alpha value is -1.16. The van der Waals surface area contributed by atoms with Gasteiger partial charge in [0.1, 0.15) is 5.82 Å². The second-order valence-electron chi connectivity index (χ2n) is 5.22. The van der Waals surface area contributed by atoms with Crippen LogP contribution in [0.5, 0.6) is 0 Å². The Labute approximate surface area is 109 Å². The van der Waals surface area contributed by atoms with Gasteiger partial charge in [-0.1, -0.05) is 26.7 Å². The van der Waals surface area contributed by atoms with E-state index in [-0.39, 0.29) is 6.61 Å². The molecule has 0 atom stereocenters. The van der Waals surface area contributed by atoms with Gasteiger partial charge in [0.2, 0.25) is 0 Å². The third-order valence-corrected chi connectivity index (χ3v) is 4.48. The van der Waals surface area contributed by atoms with Crippen LogP contribution >= 0.6 is 0 Å². The van der Waals surface area contributed by atoms with E-state index in [2.05, 4.69) is 28.7 Å². The molecule has 1 aliphatic heterocycles. The average molecular weight is 249 g/mol. The lowest BCUT2D eigenvalue weighted by atomic mass is 9.74. The first kappa shape index (κ1) is 13.3. The maximum atomic E-state index is 9.10. The number of aromatic nitrogens is 2. The summed E-state index contributed by atoms with van der Waals surface area (Å²) in [6, 6.07) is 0. The number of hydrogen-bond acceptors (Lipinski definition) is 4. The molecule has 4 nitrogen and oxygen atoms in total. The maximum absolute atomic E-state index is 9.10. The van der Waals surface area contributed by atoms with Gasteiger partial charge >= 0.3 is 0 Å². The predicted octanol–water partition coefficient (Wildman–Crippen LogP) is 2.38. The van der Waals surface area contributed by atoms with Crippen molar-refractivity contribution in [1.29, 1.82) is 0 Å². The SMILES string of the molecule is CCC1(CC)CCN(c2cncc(CO)n2)CC1. The van der Waals surface area contributed by atoms with Gasteiger partial charge in [0.15, 0.2) is 0 Å². The first-order valence-electron chi connectivity index (χ1n) is 6.90. The number of anilines is 1. The molecule has 4 heteroatoms. The quantitative estimate of drug-likeness (QED) is 0.890. The fraction of sp³-hybridized carbons (Fsp3) is 0.714. The number of piperidine rings is 1. The smallest absolute Gasteiger partial charge is 0.147 e. The highest BCUT2D eigenvalue weighted by Gasteiger charge is 2.31. The van der Waals surface area contributed by atoms with Crippen molar-refractivity contribution in [3.05, 3.63) is 18.1 Å². The van der Waals surface area contributed by atoms with E-state index in [1.807, 2.05) is 0 Å². The normalized spacial score (nSPS) is 18.9. The Morgan fingerprint density at radius 1 is 1.22 bits per heavy atom. The number of nitrogens with zero attached hydrogens (tertiary/aromatic N) is 3. The van der Waals surface area contributed by atoms with Crippen molar-refractivity contribution >= 4 is 5.82 Å². The summed E-state index contributed by atoms with van der Waals surface area (Å²) in [4.78, 5) is 10.9. The van der Waals surface area contributed by atoms with Gasteiger partial charge < -0.3 is 10.0 Å². The summed E-state index contributed by atoms with van der Waals surface area (Å²) in [7, 11) is 0. The Morgan fingerprint density at radius 2 is 1.89 bits per heavy atom. The van der Waals surface area contributed by atoms with Crippen LogP contribution in [-0.2, 0) is 6.61 Å². The molecule has 1 aromatic heterocycles. The molecule has 0 unspecified atom stereocenters. The minimum absolute atomic E-state index is 0.0391. The molecule has 0 amide bonds. The molecule has 1 fully saturated rings. The van der Waals surface area contributed by atoms with Crippen LogP contribution in [0.15, 0.2) is 12.4 Å².